The first-order valence-electron chi connectivity index (χ1n) is 7.40. The highest BCUT2D eigenvalue weighted by molar-refractivity contribution is 6.05. The molecule has 2 rings (SSSR count). The van der Waals surface area contributed by atoms with E-state index in [4.69, 9.17) is 5.73 Å². The minimum Gasteiger partial charge on any atom is -0.325 e. The second-order valence-electron chi connectivity index (χ2n) is 5.54. The molecule has 0 fully saturated rings. The van der Waals surface area contributed by atoms with Crippen molar-refractivity contribution in [3.8, 4) is 0 Å². The Morgan fingerprint density at radius 2 is 1.61 bits per heavy atom. The molecule has 2 aromatic rings. The number of hydrogen-bond acceptors (Lipinski definition) is 3. The molecule has 0 aliphatic carbocycles. The molecule has 5 heteroatoms. The van der Waals surface area contributed by atoms with Gasteiger partial charge in [0, 0.05) is 16.9 Å². The molecule has 23 heavy (non-hydrogen) atoms. The highest BCUT2D eigenvalue weighted by Crippen LogP contribution is 2.21. The van der Waals surface area contributed by atoms with E-state index in [1.807, 2.05) is 39.0 Å². The highest BCUT2D eigenvalue weighted by Gasteiger charge is 2.09. The number of nitrogens with one attached hydrogen (secondary N) is 2. The second-order valence-corrected chi connectivity index (χ2v) is 5.54. The van der Waals surface area contributed by atoms with Crippen LogP contribution in [-0.4, -0.2) is 18.4 Å². The number of amides is 2. The van der Waals surface area contributed by atoms with Crippen molar-refractivity contribution in [2.45, 2.75) is 20.8 Å². The van der Waals surface area contributed by atoms with Gasteiger partial charge in [0.05, 0.1) is 6.54 Å². The summed E-state index contributed by atoms with van der Waals surface area (Å²) in [5.41, 5.74) is 10.3. The summed E-state index contributed by atoms with van der Waals surface area (Å²) in [4.78, 5) is 23.8. The molecule has 0 aliphatic heterocycles. The molecule has 0 aromatic heterocycles. The maximum Gasteiger partial charge on any atom is 0.255 e. The summed E-state index contributed by atoms with van der Waals surface area (Å²) in [6, 6.07) is 10.9. The van der Waals surface area contributed by atoms with E-state index < -0.39 is 0 Å². The highest BCUT2D eigenvalue weighted by atomic mass is 16.2. The van der Waals surface area contributed by atoms with Gasteiger partial charge in [-0.3, -0.25) is 9.59 Å². The van der Waals surface area contributed by atoms with Gasteiger partial charge in [-0.25, -0.2) is 0 Å². The van der Waals surface area contributed by atoms with Gasteiger partial charge in [0.15, 0.2) is 0 Å². The van der Waals surface area contributed by atoms with Gasteiger partial charge in [-0.15, -0.1) is 0 Å². The lowest BCUT2D eigenvalue weighted by Gasteiger charge is -2.11. The topological polar surface area (TPSA) is 84.2 Å². The zero-order valence-electron chi connectivity index (χ0n) is 13.6. The molecule has 4 N–H and O–H groups in total. The van der Waals surface area contributed by atoms with Crippen LogP contribution in [0, 0.1) is 20.8 Å². The van der Waals surface area contributed by atoms with Crippen molar-refractivity contribution in [2.24, 2.45) is 5.73 Å². The predicted molar refractivity (Wildman–Crippen MR) is 92.7 cm³/mol. The standard InChI is InChI=1S/C18H21N3O2/c1-11-4-6-14(8-13(11)3)18(23)20-15-7-5-12(2)16(9-15)21-17(22)10-19/h4-9H,10,19H2,1-3H3,(H,20,23)(H,21,22). The molecule has 0 atom stereocenters. The molecule has 0 aliphatic rings. The summed E-state index contributed by atoms with van der Waals surface area (Å²) in [6.07, 6.45) is 0. The summed E-state index contributed by atoms with van der Waals surface area (Å²) >= 11 is 0. The molecule has 0 saturated heterocycles. The Bertz CT molecular complexity index is 754. The number of benzene rings is 2. The van der Waals surface area contributed by atoms with Crippen molar-refractivity contribution < 1.29 is 9.59 Å². The van der Waals surface area contributed by atoms with Crippen LogP contribution in [0.1, 0.15) is 27.0 Å². The number of carbonyl (C=O) groups excluding carboxylic acids is 2. The largest absolute Gasteiger partial charge is 0.325 e. The van der Waals surface area contributed by atoms with Crippen LogP contribution in [0.4, 0.5) is 11.4 Å². The first-order chi connectivity index (χ1) is 10.9. The average molecular weight is 311 g/mol. The van der Waals surface area contributed by atoms with E-state index in [2.05, 4.69) is 10.6 Å². The quantitative estimate of drug-likeness (QED) is 0.811. The van der Waals surface area contributed by atoms with Gasteiger partial charge in [-0.1, -0.05) is 12.1 Å². The average Bonchev–Trinajstić information content (AvgIpc) is 2.53. The number of nitrogens with two attached hydrogens (primary N) is 1. The third-order valence-corrected chi connectivity index (χ3v) is 3.72. The van der Waals surface area contributed by atoms with E-state index in [-0.39, 0.29) is 18.4 Å². The molecular weight excluding hydrogens is 290 g/mol. The van der Waals surface area contributed by atoms with Crippen molar-refractivity contribution in [1.29, 1.82) is 0 Å². The summed E-state index contributed by atoms with van der Waals surface area (Å²) in [5.74, 6) is -0.459. The van der Waals surface area contributed by atoms with E-state index in [9.17, 15) is 9.59 Å². The number of rotatable bonds is 4. The molecule has 0 unspecified atom stereocenters. The zero-order chi connectivity index (χ0) is 17.0. The van der Waals surface area contributed by atoms with Gasteiger partial charge in [-0.05, 0) is 61.7 Å². The fraction of sp³-hybridized carbons (Fsp3) is 0.222. The molecule has 0 radical (unpaired) electrons. The van der Waals surface area contributed by atoms with Crippen LogP contribution < -0.4 is 16.4 Å². The van der Waals surface area contributed by atoms with E-state index in [0.717, 1.165) is 16.7 Å². The van der Waals surface area contributed by atoms with Crippen LogP contribution in [0.15, 0.2) is 36.4 Å². The Kier molecular flexibility index (Phi) is 5.13. The maximum atomic E-state index is 12.3. The van der Waals surface area contributed by atoms with Gasteiger partial charge < -0.3 is 16.4 Å². The summed E-state index contributed by atoms with van der Waals surface area (Å²) in [7, 11) is 0. The van der Waals surface area contributed by atoms with Gasteiger partial charge >= 0.3 is 0 Å². The molecule has 2 amide bonds. The number of anilines is 2. The van der Waals surface area contributed by atoms with E-state index in [1.165, 1.54) is 0 Å². The van der Waals surface area contributed by atoms with E-state index in [1.54, 1.807) is 18.2 Å². The van der Waals surface area contributed by atoms with Crippen molar-refractivity contribution >= 4 is 23.2 Å². The fourth-order valence-corrected chi connectivity index (χ4v) is 2.12. The molecule has 5 nitrogen and oxygen atoms in total. The van der Waals surface area contributed by atoms with Crippen molar-refractivity contribution in [2.75, 3.05) is 17.2 Å². The van der Waals surface area contributed by atoms with Crippen molar-refractivity contribution in [3.05, 3.63) is 58.7 Å². The van der Waals surface area contributed by atoms with Crippen molar-refractivity contribution in [1.82, 2.24) is 0 Å². The third-order valence-electron chi connectivity index (χ3n) is 3.72. The lowest BCUT2D eigenvalue weighted by atomic mass is 10.1. The Morgan fingerprint density at radius 1 is 0.913 bits per heavy atom. The van der Waals surface area contributed by atoms with Gasteiger partial charge in [0.1, 0.15) is 0 Å². The fourth-order valence-electron chi connectivity index (χ4n) is 2.12. The SMILES string of the molecule is Cc1ccc(C(=O)Nc2ccc(C)c(NC(=O)CN)c2)cc1C. The van der Waals surface area contributed by atoms with Crippen LogP contribution in [0.25, 0.3) is 0 Å². The first kappa shape index (κ1) is 16.7. The van der Waals surface area contributed by atoms with Crippen molar-refractivity contribution in [3.63, 3.8) is 0 Å². The number of hydrogen-bond donors (Lipinski definition) is 3. The van der Waals surface area contributed by atoms with Crippen LogP contribution in [0.2, 0.25) is 0 Å². The van der Waals surface area contributed by atoms with Crippen LogP contribution in [0.5, 0.6) is 0 Å². The maximum absolute atomic E-state index is 12.3. The lowest BCUT2D eigenvalue weighted by molar-refractivity contribution is -0.114. The molecular formula is C18H21N3O2. The van der Waals surface area contributed by atoms with Gasteiger partial charge in [0.25, 0.3) is 5.91 Å². The minimum atomic E-state index is -0.272. The van der Waals surface area contributed by atoms with E-state index >= 15 is 0 Å². The molecule has 0 heterocycles. The third kappa shape index (κ3) is 4.17. The van der Waals surface area contributed by atoms with Gasteiger partial charge in [-0.2, -0.15) is 0 Å². The molecule has 0 spiro atoms. The van der Waals surface area contributed by atoms with Crippen LogP contribution >= 0.6 is 0 Å². The normalized spacial score (nSPS) is 10.3. The zero-order valence-corrected chi connectivity index (χ0v) is 13.6. The van der Waals surface area contributed by atoms with Crippen LogP contribution in [-0.2, 0) is 4.79 Å². The monoisotopic (exact) mass is 311 g/mol. The molecule has 0 saturated carbocycles. The second kappa shape index (κ2) is 7.07. The van der Waals surface area contributed by atoms with Gasteiger partial charge in [0.2, 0.25) is 5.91 Å². The summed E-state index contributed by atoms with van der Waals surface area (Å²) in [6.45, 7) is 5.77. The molecule has 2 aromatic carbocycles. The summed E-state index contributed by atoms with van der Waals surface area (Å²) < 4.78 is 0. The lowest BCUT2D eigenvalue weighted by Crippen LogP contribution is -2.22. The smallest absolute Gasteiger partial charge is 0.255 e. The Balaban J connectivity index is 2.19. The summed E-state index contributed by atoms with van der Waals surface area (Å²) in [5, 5.41) is 5.56. The predicted octanol–water partition coefficient (Wildman–Crippen LogP) is 2.76. The van der Waals surface area contributed by atoms with Crippen LogP contribution in [0.3, 0.4) is 0 Å². The van der Waals surface area contributed by atoms with E-state index in [0.29, 0.717) is 16.9 Å². The number of carbonyl (C=O) groups is 2. The molecule has 120 valence electrons. The minimum absolute atomic E-state index is 0.0847. The number of aryl methyl sites for hydroxylation is 3. The first-order valence-corrected chi connectivity index (χ1v) is 7.40. The Morgan fingerprint density at radius 3 is 2.26 bits per heavy atom. The Labute approximate surface area is 135 Å². The Hall–Kier alpha value is -2.66. The molecule has 0 bridgehead atoms.